The first-order valence-electron chi connectivity index (χ1n) is 6.90. The normalized spacial score (nSPS) is 13.8. The van der Waals surface area contributed by atoms with Crippen molar-refractivity contribution in [2.45, 2.75) is 67.2 Å². The van der Waals surface area contributed by atoms with Crippen molar-refractivity contribution < 1.29 is 9.53 Å². The molecule has 0 radical (unpaired) electrons. The largest absolute Gasteiger partial charge is 0.465 e. The quantitative estimate of drug-likeness (QED) is 0.617. The third kappa shape index (κ3) is 9.20. The van der Waals surface area contributed by atoms with Gasteiger partial charge < -0.3 is 4.74 Å². The van der Waals surface area contributed by atoms with E-state index in [1.807, 2.05) is 20.8 Å². The molecule has 17 heavy (non-hydrogen) atoms. The van der Waals surface area contributed by atoms with Gasteiger partial charge in [0.1, 0.15) is 0 Å². The molecular formula is C15H30O2. The fourth-order valence-corrected chi connectivity index (χ4v) is 1.59. The van der Waals surface area contributed by atoms with Crippen LogP contribution >= 0.6 is 0 Å². The second-order valence-corrected chi connectivity index (χ2v) is 6.60. The van der Waals surface area contributed by atoms with Crippen LogP contribution in [0, 0.1) is 17.3 Å². The van der Waals surface area contributed by atoms with Crippen LogP contribution in [0.3, 0.4) is 0 Å². The summed E-state index contributed by atoms with van der Waals surface area (Å²) in [7, 11) is 0. The van der Waals surface area contributed by atoms with Crippen molar-refractivity contribution in [3.63, 3.8) is 0 Å². The fraction of sp³-hybridized carbons (Fsp3) is 0.933. The van der Waals surface area contributed by atoms with E-state index in [2.05, 4.69) is 20.8 Å². The zero-order valence-electron chi connectivity index (χ0n) is 12.5. The highest BCUT2D eigenvalue weighted by Gasteiger charge is 2.22. The van der Waals surface area contributed by atoms with Crippen LogP contribution in [0.15, 0.2) is 0 Å². The number of carbonyl (C=O) groups is 1. The molecule has 0 N–H and O–H groups in total. The molecule has 0 aliphatic rings. The van der Waals surface area contributed by atoms with Gasteiger partial charge in [0.05, 0.1) is 12.0 Å². The molecule has 0 saturated heterocycles. The van der Waals surface area contributed by atoms with Gasteiger partial charge >= 0.3 is 5.97 Å². The maximum atomic E-state index is 11.5. The molecule has 0 aromatic carbocycles. The lowest BCUT2D eigenvalue weighted by atomic mass is 9.96. The molecule has 0 amide bonds. The standard InChI is InChI=1S/C15H30O2/c1-12(2)8-7-9-13(3)10-11-17-14(16)15(4,5)6/h12-13H,7-11H2,1-6H3/t13-/m0/s1. The Morgan fingerprint density at radius 3 is 2.12 bits per heavy atom. The van der Waals surface area contributed by atoms with Crippen LogP contribution in [-0.4, -0.2) is 12.6 Å². The maximum Gasteiger partial charge on any atom is 0.311 e. The molecule has 0 unspecified atom stereocenters. The van der Waals surface area contributed by atoms with Crippen LogP contribution in [0.4, 0.5) is 0 Å². The maximum absolute atomic E-state index is 11.5. The summed E-state index contributed by atoms with van der Waals surface area (Å²) in [6.07, 6.45) is 4.81. The van der Waals surface area contributed by atoms with Crippen LogP contribution < -0.4 is 0 Å². The Balaban J connectivity index is 3.58. The highest BCUT2D eigenvalue weighted by Crippen LogP contribution is 2.18. The summed E-state index contributed by atoms with van der Waals surface area (Å²) in [6.45, 7) is 13.0. The lowest BCUT2D eigenvalue weighted by molar-refractivity contribution is -0.153. The minimum Gasteiger partial charge on any atom is -0.465 e. The van der Waals surface area contributed by atoms with Gasteiger partial charge in [-0.3, -0.25) is 4.79 Å². The summed E-state index contributed by atoms with van der Waals surface area (Å²) < 4.78 is 5.27. The third-order valence-corrected chi connectivity index (χ3v) is 2.93. The van der Waals surface area contributed by atoms with E-state index in [4.69, 9.17) is 4.74 Å². The lowest BCUT2D eigenvalue weighted by Gasteiger charge is -2.18. The topological polar surface area (TPSA) is 26.3 Å². The number of rotatable bonds is 7. The molecule has 0 spiro atoms. The van der Waals surface area contributed by atoms with Crippen molar-refractivity contribution in [3.05, 3.63) is 0 Å². The highest BCUT2D eigenvalue weighted by molar-refractivity contribution is 5.75. The average Bonchev–Trinajstić information content (AvgIpc) is 2.15. The van der Waals surface area contributed by atoms with E-state index in [1.165, 1.54) is 19.3 Å². The van der Waals surface area contributed by atoms with Gasteiger partial charge in [0.15, 0.2) is 0 Å². The van der Waals surface area contributed by atoms with Crippen LogP contribution in [0.25, 0.3) is 0 Å². The van der Waals surface area contributed by atoms with Gasteiger partial charge in [0.25, 0.3) is 0 Å². The zero-order chi connectivity index (χ0) is 13.5. The molecule has 0 aromatic heterocycles. The molecule has 0 aliphatic carbocycles. The monoisotopic (exact) mass is 242 g/mol. The Bertz CT molecular complexity index is 213. The van der Waals surface area contributed by atoms with E-state index >= 15 is 0 Å². The van der Waals surface area contributed by atoms with Crippen molar-refractivity contribution in [2.75, 3.05) is 6.61 Å². The Hall–Kier alpha value is -0.530. The summed E-state index contributed by atoms with van der Waals surface area (Å²) >= 11 is 0. The molecule has 0 aliphatic heterocycles. The minimum atomic E-state index is -0.374. The highest BCUT2D eigenvalue weighted by atomic mass is 16.5. The third-order valence-electron chi connectivity index (χ3n) is 2.93. The molecule has 0 saturated carbocycles. The molecule has 2 heteroatoms. The molecule has 1 atom stereocenters. The van der Waals surface area contributed by atoms with Crippen molar-refractivity contribution in [3.8, 4) is 0 Å². The van der Waals surface area contributed by atoms with Gasteiger partial charge in [-0.25, -0.2) is 0 Å². The number of carbonyl (C=O) groups excluding carboxylic acids is 1. The predicted molar refractivity (Wildman–Crippen MR) is 72.9 cm³/mol. The molecule has 0 rings (SSSR count). The summed E-state index contributed by atoms with van der Waals surface area (Å²) in [5.41, 5.74) is -0.374. The van der Waals surface area contributed by atoms with Crippen LogP contribution in [0.5, 0.6) is 0 Å². The second kappa shape index (κ2) is 7.73. The van der Waals surface area contributed by atoms with Crippen LogP contribution in [0.2, 0.25) is 0 Å². The zero-order valence-corrected chi connectivity index (χ0v) is 12.5. The van der Waals surface area contributed by atoms with Gasteiger partial charge in [0.2, 0.25) is 0 Å². The summed E-state index contributed by atoms with van der Waals surface area (Å²) in [5.74, 6) is 1.36. The van der Waals surface area contributed by atoms with E-state index in [9.17, 15) is 4.79 Å². The Labute approximate surface area is 107 Å². The molecule has 2 nitrogen and oxygen atoms in total. The Morgan fingerprint density at radius 2 is 1.65 bits per heavy atom. The summed E-state index contributed by atoms with van der Waals surface area (Å²) in [4.78, 5) is 11.5. The van der Waals surface area contributed by atoms with Crippen molar-refractivity contribution >= 4 is 5.97 Å². The Morgan fingerprint density at radius 1 is 1.06 bits per heavy atom. The number of hydrogen-bond acceptors (Lipinski definition) is 2. The molecule has 0 aromatic rings. The van der Waals surface area contributed by atoms with E-state index in [0.29, 0.717) is 12.5 Å². The summed E-state index contributed by atoms with van der Waals surface area (Å²) in [6, 6.07) is 0. The van der Waals surface area contributed by atoms with Gasteiger partial charge in [-0.1, -0.05) is 40.0 Å². The van der Waals surface area contributed by atoms with E-state index in [-0.39, 0.29) is 11.4 Å². The van der Waals surface area contributed by atoms with Gasteiger partial charge in [-0.15, -0.1) is 0 Å². The smallest absolute Gasteiger partial charge is 0.311 e. The van der Waals surface area contributed by atoms with Crippen molar-refractivity contribution in [1.29, 1.82) is 0 Å². The molecule has 0 heterocycles. The van der Waals surface area contributed by atoms with Crippen molar-refractivity contribution in [1.82, 2.24) is 0 Å². The van der Waals surface area contributed by atoms with E-state index < -0.39 is 0 Å². The van der Waals surface area contributed by atoms with Gasteiger partial charge in [-0.05, 0) is 39.0 Å². The molecule has 0 fully saturated rings. The van der Waals surface area contributed by atoms with Crippen molar-refractivity contribution in [2.24, 2.45) is 17.3 Å². The fourth-order valence-electron chi connectivity index (χ4n) is 1.59. The first-order valence-corrected chi connectivity index (χ1v) is 6.90. The second-order valence-electron chi connectivity index (χ2n) is 6.60. The van der Waals surface area contributed by atoms with Gasteiger partial charge in [-0.2, -0.15) is 0 Å². The number of hydrogen-bond donors (Lipinski definition) is 0. The predicted octanol–water partition coefficient (Wildman–Crippen LogP) is 4.43. The SMILES string of the molecule is CC(C)CCC[C@H](C)CCOC(=O)C(C)(C)C. The van der Waals surface area contributed by atoms with Crippen LogP contribution in [0.1, 0.15) is 67.2 Å². The van der Waals surface area contributed by atoms with E-state index in [1.54, 1.807) is 0 Å². The summed E-state index contributed by atoms with van der Waals surface area (Å²) in [5, 5.41) is 0. The first-order chi connectivity index (χ1) is 7.73. The average molecular weight is 242 g/mol. The first kappa shape index (κ1) is 16.5. The number of esters is 1. The van der Waals surface area contributed by atoms with Crippen LogP contribution in [-0.2, 0) is 9.53 Å². The molecule has 102 valence electrons. The molecular weight excluding hydrogens is 212 g/mol. The van der Waals surface area contributed by atoms with E-state index in [0.717, 1.165) is 12.3 Å². The minimum absolute atomic E-state index is 0.0909. The number of ether oxygens (including phenoxy) is 1. The lowest BCUT2D eigenvalue weighted by Crippen LogP contribution is -2.23. The van der Waals surface area contributed by atoms with Gasteiger partial charge in [0, 0.05) is 0 Å². The Kier molecular flexibility index (Phi) is 7.49. The molecule has 0 bridgehead atoms.